The molecule has 0 saturated carbocycles. The van der Waals surface area contributed by atoms with Crippen LogP contribution in [0.15, 0.2) is 42.5 Å². The number of nitrogens with two attached hydrogens (primary N) is 1. The number of carbonyl (C=O) groups is 11. The normalized spacial score (nSPS) is 17.6. The molecule has 3 rings (SSSR count). The Balaban J connectivity index is 1.70. The maximum absolute atomic E-state index is 14.9. The molecular weight excluding hydrogens is 1220 g/mol. The summed E-state index contributed by atoms with van der Waals surface area (Å²) in [5.74, 6) is -6.97. The Morgan fingerprint density at radius 2 is 1.31 bits per heavy atom. The third-order valence-corrected chi connectivity index (χ3v) is 18.5. The first kappa shape index (κ1) is 82.2. The molecule has 0 bridgehead atoms. The smallest absolute Gasteiger partial charge is 0.312 e. The van der Waals surface area contributed by atoms with Crippen molar-refractivity contribution in [2.24, 2.45) is 35.3 Å². The summed E-state index contributed by atoms with van der Waals surface area (Å²) < 4.78 is 12.1. The quantitative estimate of drug-likeness (QED) is 0.0344. The molecular formula is C68H115N13O14. The molecule has 27 nitrogen and oxygen atoms in total. The number of benzene rings is 1. The fraction of sp³-hybridized carbons (Fsp3) is 0.721. The van der Waals surface area contributed by atoms with Gasteiger partial charge in [-0.3, -0.25) is 52.8 Å². The highest BCUT2D eigenvalue weighted by atomic mass is 16.5. The number of nitrogens with one attached hydrogen (secondary N) is 6. The summed E-state index contributed by atoms with van der Waals surface area (Å²) in [4.78, 5) is 159. The molecule has 1 aromatic rings. The fourth-order valence-electron chi connectivity index (χ4n) is 12.5. The fourth-order valence-corrected chi connectivity index (χ4v) is 12.5. The average molecular weight is 1340 g/mol. The van der Waals surface area contributed by atoms with Crippen LogP contribution in [0.1, 0.15) is 146 Å². The highest BCUT2D eigenvalue weighted by Crippen LogP contribution is 2.30. The number of rotatable bonds is 43. The van der Waals surface area contributed by atoms with Crippen molar-refractivity contribution in [1.29, 1.82) is 0 Å². The van der Waals surface area contributed by atoms with Gasteiger partial charge in [0.2, 0.25) is 47.3 Å². The molecule has 0 aromatic heterocycles. The Labute approximate surface area is 563 Å². The lowest BCUT2D eigenvalue weighted by Gasteiger charge is -2.41. The number of urea groups is 1. The van der Waals surface area contributed by atoms with Crippen molar-refractivity contribution < 1.29 is 67.3 Å². The van der Waals surface area contributed by atoms with E-state index in [1.54, 1.807) is 79.5 Å². The summed E-state index contributed by atoms with van der Waals surface area (Å²) in [6, 6.07) is 2.02. The summed E-state index contributed by atoms with van der Waals surface area (Å²) in [7, 11) is 6.04. The van der Waals surface area contributed by atoms with Gasteiger partial charge in [0.25, 0.3) is 11.8 Å². The summed E-state index contributed by atoms with van der Waals surface area (Å²) in [6.07, 6.45) is 2.75. The lowest BCUT2D eigenvalue weighted by atomic mass is 9.89. The van der Waals surface area contributed by atoms with E-state index in [1.807, 2.05) is 45.9 Å². The van der Waals surface area contributed by atoms with Gasteiger partial charge in [0.15, 0.2) is 0 Å². The van der Waals surface area contributed by atoms with Gasteiger partial charge in [0.05, 0.1) is 55.3 Å². The Morgan fingerprint density at radius 3 is 1.85 bits per heavy atom. The van der Waals surface area contributed by atoms with Crippen LogP contribution in [0.5, 0.6) is 0 Å². The van der Waals surface area contributed by atoms with Gasteiger partial charge in [-0.15, -0.1) is 0 Å². The molecule has 95 heavy (non-hydrogen) atoms. The van der Waals surface area contributed by atoms with Crippen LogP contribution in [-0.4, -0.2) is 248 Å². The number of hydrogen-bond acceptors (Lipinski definition) is 16. The zero-order valence-corrected chi connectivity index (χ0v) is 59.4. The molecule has 0 radical (unpaired) electrons. The van der Waals surface area contributed by atoms with Crippen LogP contribution in [0.3, 0.4) is 0 Å². The second-order valence-electron chi connectivity index (χ2n) is 26.3. The molecule has 27 heteroatoms. The van der Waals surface area contributed by atoms with Gasteiger partial charge >= 0.3 is 6.03 Å². The van der Waals surface area contributed by atoms with Crippen molar-refractivity contribution in [3.63, 3.8) is 0 Å². The van der Waals surface area contributed by atoms with Gasteiger partial charge < -0.3 is 76.7 Å². The van der Waals surface area contributed by atoms with Crippen LogP contribution in [-0.2, 0) is 57.4 Å². The zero-order chi connectivity index (χ0) is 71.4. The summed E-state index contributed by atoms with van der Waals surface area (Å²) in [5.41, 5.74) is 5.95. The van der Waals surface area contributed by atoms with E-state index in [2.05, 4.69) is 41.7 Å². The van der Waals surface area contributed by atoms with Gasteiger partial charge in [-0.25, -0.2) is 4.79 Å². The summed E-state index contributed by atoms with van der Waals surface area (Å²) >= 11 is 0. The summed E-state index contributed by atoms with van der Waals surface area (Å²) in [6.45, 7) is 26.0. The van der Waals surface area contributed by atoms with Crippen molar-refractivity contribution in [3.05, 3.63) is 48.0 Å². The number of ether oxygens (including phenoxy) is 2. The van der Waals surface area contributed by atoms with Crippen LogP contribution in [0.2, 0.25) is 0 Å². The minimum atomic E-state index is -1.24. The number of aliphatic hydroxyl groups excluding tert-OH is 1. The van der Waals surface area contributed by atoms with Crippen LogP contribution < -0.4 is 37.6 Å². The lowest BCUT2D eigenvalue weighted by molar-refractivity contribution is -0.148. The molecule has 0 spiro atoms. The molecule has 1 aromatic carbocycles. The van der Waals surface area contributed by atoms with E-state index in [0.717, 1.165) is 6.54 Å². The molecule has 9 N–H and O–H groups in total. The molecule has 0 aliphatic carbocycles. The maximum Gasteiger partial charge on any atom is 0.312 e. The van der Waals surface area contributed by atoms with Crippen LogP contribution in [0.25, 0.3) is 0 Å². The molecule has 1 fully saturated rings. The zero-order valence-electron chi connectivity index (χ0n) is 59.4. The number of hydrogen-bond donors (Lipinski definition) is 8. The predicted molar refractivity (Wildman–Crippen MR) is 361 cm³/mol. The topological polar surface area (TPSA) is 344 Å². The third kappa shape index (κ3) is 25.1. The number of likely N-dealkylation sites (N-methyl/N-ethyl adjacent to an activating group) is 4. The van der Waals surface area contributed by atoms with Gasteiger partial charge in [-0.05, 0) is 87.9 Å². The molecule has 2 aliphatic rings. The number of nitrogens with zero attached hydrogens (tertiary/aromatic N) is 6. The van der Waals surface area contributed by atoms with Gasteiger partial charge in [0, 0.05) is 86.2 Å². The third-order valence-electron chi connectivity index (χ3n) is 18.5. The van der Waals surface area contributed by atoms with Gasteiger partial charge in [-0.1, -0.05) is 113 Å². The molecule has 1 unspecified atom stereocenters. The van der Waals surface area contributed by atoms with Gasteiger partial charge in [0.1, 0.15) is 24.2 Å². The van der Waals surface area contributed by atoms with Crippen molar-refractivity contribution in [2.45, 2.75) is 195 Å². The molecule has 2 heterocycles. The molecule has 2 aliphatic heterocycles. The van der Waals surface area contributed by atoms with Crippen molar-refractivity contribution in [3.8, 4) is 0 Å². The van der Waals surface area contributed by atoms with E-state index in [9.17, 15) is 57.8 Å². The number of amides is 12. The van der Waals surface area contributed by atoms with Crippen molar-refractivity contribution in [1.82, 2.24) is 61.3 Å². The second-order valence-corrected chi connectivity index (χ2v) is 26.3. The molecule has 12 atom stereocenters. The standard InChI is InChI=1S/C68H115N13O14/c1-17-45(10)60(51(94-15)40-55(85)80-35-24-29-50(80)62(95-16)46(11)63(88)72-47(12)61(87)48-26-21-20-22-27-48)77(14)67(92)58(43(6)7)75-66(91)59(44(8)9)76(13)56(86)41-71-64(89)49(28-23-33-70-68(69)93)73-65(90)57(42(4)5)74-52(82)32-37-79(19-3)39-38-78(18-2)34-25-36-81-53(83)30-31-54(81)84/h20-22,26-27,30-31,42-47,49-51,57-62,87H,17-19,23-25,28-29,32-41H2,1-16H3,(H,71,89)(H,72,88)(H,73,90)(H,74,82)(H,75,91)(H3,69,70,93)/t45-,46+,47+,49?,50-,51+,57-,58-,59-,60-,61+,62+/m0/s1. The Morgan fingerprint density at radius 1 is 0.695 bits per heavy atom. The Kier molecular flexibility index (Phi) is 35.6. The maximum atomic E-state index is 14.9. The SMILES string of the molecule is CC[C@H](C)[C@@H]([C@@H](CC(=O)N1CCC[C@H]1[C@H](OC)[C@@H](C)C(=O)N[C@H](C)[C@@H](O)c1ccccc1)OC)N(C)C(=O)[C@@H](NC(=O)[C@H](C(C)C)N(C)C(=O)CNC(=O)C(CCCNC(N)=O)NC(=O)[C@@H](NC(=O)CCN(CC)CCN(CC)CCCN1C(=O)C=CC1=O)C(C)C)C(C)C. The molecule has 1 saturated heterocycles. The molecule has 12 amide bonds. The van der Waals surface area contributed by atoms with E-state index in [1.165, 1.54) is 48.1 Å². The first-order valence-electron chi connectivity index (χ1n) is 34.0. The number of likely N-dealkylation sites (tertiary alicyclic amines) is 1. The van der Waals surface area contributed by atoms with Crippen LogP contribution in [0.4, 0.5) is 4.79 Å². The Bertz CT molecular complexity index is 2680. The van der Waals surface area contributed by atoms with E-state index < -0.39 is 126 Å². The number of aliphatic hydroxyl groups is 1. The van der Waals surface area contributed by atoms with Crippen LogP contribution >= 0.6 is 0 Å². The largest absolute Gasteiger partial charge is 0.386 e. The van der Waals surface area contributed by atoms with E-state index in [4.69, 9.17) is 15.2 Å². The highest BCUT2D eigenvalue weighted by molar-refractivity contribution is 6.12. The number of methoxy groups -OCH3 is 2. The van der Waals surface area contributed by atoms with Gasteiger partial charge in [-0.2, -0.15) is 0 Å². The first-order chi connectivity index (χ1) is 44.9. The second kappa shape index (κ2) is 41.1. The predicted octanol–water partition coefficient (Wildman–Crippen LogP) is 2.31. The highest BCUT2D eigenvalue weighted by Gasteiger charge is 2.44. The van der Waals surface area contributed by atoms with E-state index >= 15 is 0 Å². The summed E-state index contributed by atoms with van der Waals surface area (Å²) in [5, 5.41) is 27.5. The number of primary amides is 1. The average Bonchev–Trinajstić information content (AvgIpc) is 1.80. The van der Waals surface area contributed by atoms with E-state index in [0.29, 0.717) is 77.1 Å². The van der Waals surface area contributed by atoms with E-state index in [-0.39, 0.29) is 67.7 Å². The Hall–Kier alpha value is -7.07. The van der Waals surface area contributed by atoms with Crippen molar-refractivity contribution in [2.75, 3.05) is 93.8 Å². The minimum Gasteiger partial charge on any atom is -0.386 e. The number of imide groups is 1. The van der Waals surface area contributed by atoms with Crippen LogP contribution in [0, 0.1) is 29.6 Å². The van der Waals surface area contributed by atoms with Crippen molar-refractivity contribution >= 4 is 65.1 Å². The lowest BCUT2D eigenvalue weighted by Crippen LogP contribution is -2.61. The monoisotopic (exact) mass is 1340 g/mol. The minimum absolute atomic E-state index is 0.000136. The first-order valence-corrected chi connectivity index (χ1v) is 34.0. The number of carbonyl (C=O) groups excluding carboxylic acids is 11. The molecule has 536 valence electrons.